The standard InChI is InChI=1S/C16H17ClFNO2/c1-10-6-13(21-16(10)8-19-11-2-3-11)9-20-12-4-5-15(18)14(17)7-12/h4-7,11,19H,2-3,8-9H2,1H3. The number of nitrogens with one attached hydrogen (secondary N) is 1. The normalized spacial score (nSPS) is 14.4. The number of rotatable bonds is 6. The highest BCUT2D eigenvalue weighted by molar-refractivity contribution is 6.30. The van der Waals surface area contributed by atoms with Crippen molar-refractivity contribution in [2.24, 2.45) is 0 Å². The van der Waals surface area contributed by atoms with E-state index in [0.29, 0.717) is 18.4 Å². The smallest absolute Gasteiger partial charge is 0.146 e. The van der Waals surface area contributed by atoms with Crippen molar-refractivity contribution in [1.29, 1.82) is 0 Å². The fourth-order valence-electron chi connectivity index (χ4n) is 2.08. The van der Waals surface area contributed by atoms with E-state index in [9.17, 15) is 4.39 Å². The number of hydrogen-bond donors (Lipinski definition) is 1. The van der Waals surface area contributed by atoms with Crippen LogP contribution in [-0.4, -0.2) is 6.04 Å². The molecule has 1 N–H and O–H groups in total. The first-order valence-electron chi connectivity index (χ1n) is 7.01. The zero-order valence-electron chi connectivity index (χ0n) is 11.8. The molecule has 0 bridgehead atoms. The van der Waals surface area contributed by atoms with Crippen LogP contribution in [0.5, 0.6) is 5.75 Å². The molecule has 1 aromatic carbocycles. The first-order chi connectivity index (χ1) is 10.1. The van der Waals surface area contributed by atoms with E-state index in [-0.39, 0.29) is 5.02 Å². The van der Waals surface area contributed by atoms with E-state index in [1.165, 1.54) is 25.0 Å². The molecule has 0 amide bonds. The van der Waals surface area contributed by atoms with Crippen LogP contribution in [0.25, 0.3) is 0 Å². The Balaban J connectivity index is 1.59. The van der Waals surface area contributed by atoms with Gasteiger partial charge in [0.05, 0.1) is 11.6 Å². The zero-order chi connectivity index (χ0) is 14.8. The van der Waals surface area contributed by atoms with E-state index < -0.39 is 5.82 Å². The maximum atomic E-state index is 13.1. The first kappa shape index (κ1) is 14.4. The van der Waals surface area contributed by atoms with Crippen molar-refractivity contribution in [3.63, 3.8) is 0 Å². The molecule has 1 aliphatic carbocycles. The van der Waals surface area contributed by atoms with Crippen molar-refractivity contribution in [2.45, 2.75) is 39.0 Å². The van der Waals surface area contributed by atoms with E-state index in [1.807, 2.05) is 13.0 Å². The summed E-state index contributed by atoms with van der Waals surface area (Å²) >= 11 is 5.71. The van der Waals surface area contributed by atoms with E-state index in [1.54, 1.807) is 6.07 Å². The molecule has 1 fully saturated rings. The third-order valence-electron chi connectivity index (χ3n) is 3.47. The Morgan fingerprint density at radius 2 is 2.19 bits per heavy atom. The maximum Gasteiger partial charge on any atom is 0.146 e. The quantitative estimate of drug-likeness (QED) is 0.868. The molecule has 0 atom stereocenters. The highest BCUT2D eigenvalue weighted by Crippen LogP contribution is 2.24. The number of aryl methyl sites for hydroxylation is 1. The Labute approximate surface area is 128 Å². The van der Waals surface area contributed by atoms with Gasteiger partial charge in [-0.2, -0.15) is 0 Å². The zero-order valence-corrected chi connectivity index (χ0v) is 12.5. The van der Waals surface area contributed by atoms with Gasteiger partial charge in [-0.05, 0) is 43.5 Å². The summed E-state index contributed by atoms with van der Waals surface area (Å²) in [7, 11) is 0. The van der Waals surface area contributed by atoms with Gasteiger partial charge in [0, 0.05) is 12.1 Å². The second kappa shape index (κ2) is 6.08. The summed E-state index contributed by atoms with van der Waals surface area (Å²) in [6.07, 6.45) is 2.50. The van der Waals surface area contributed by atoms with Gasteiger partial charge in [-0.3, -0.25) is 0 Å². The Morgan fingerprint density at radius 3 is 2.90 bits per heavy atom. The molecule has 3 nitrogen and oxygen atoms in total. The number of hydrogen-bond acceptors (Lipinski definition) is 3. The van der Waals surface area contributed by atoms with Gasteiger partial charge >= 0.3 is 0 Å². The fraction of sp³-hybridized carbons (Fsp3) is 0.375. The van der Waals surface area contributed by atoms with Gasteiger partial charge in [0.1, 0.15) is 29.7 Å². The van der Waals surface area contributed by atoms with Gasteiger partial charge in [0.15, 0.2) is 0 Å². The largest absolute Gasteiger partial charge is 0.486 e. The van der Waals surface area contributed by atoms with Gasteiger partial charge in [0.25, 0.3) is 0 Å². The molecule has 0 unspecified atom stereocenters. The van der Waals surface area contributed by atoms with E-state index in [2.05, 4.69) is 5.32 Å². The van der Waals surface area contributed by atoms with E-state index in [4.69, 9.17) is 20.8 Å². The molecule has 1 aromatic heterocycles. The lowest BCUT2D eigenvalue weighted by Crippen LogP contribution is -2.15. The average molecular weight is 310 g/mol. The predicted octanol–water partition coefficient (Wildman–Crippen LogP) is 4.21. The molecule has 3 rings (SSSR count). The third kappa shape index (κ3) is 3.77. The molecule has 2 aromatic rings. The van der Waals surface area contributed by atoms with Crippen LogP contribution in [0.4, 0.5) is 4.39 Å². The Bertz CT molecular complexity index is 637. The molecule has 0 aliphatic heterocycles. The summed E-state index contributed by atoms with van der Waals surface area (Å²) in [5.74, 6) is 1.76. The molecule has 112 valence electrons. The van der Waals surface area contributed by atoms with Crippen LogP contribution < -0.4 is 10.1 Å². The van der Waals surface area contributed by atoms with Crippen molar-refractivity contribution in [3.8, 4) is 5.75 Å². The predicted molar refractivity (Wildman–Crippen MR) is 79.0 cm³/mol. The van der Waals surface area contributed by atoms with Crippen LogP contribution in [0, 0.1) is 12.7 Å². The summed E-state index contributed by atoms with van der Waals surface area (Å²) in [4.78, 5) is 0. The van der Waals surface area contributed by atoms with Crippen LogP contribution in [0.15, 0.2) is 28.7 Å². The van der Waals surface area contributed by atoms with Crippen molar-refractivity contribution in [2.75, 3.05) is 0 Å². The SMILES string of the molecule is Cc1cc(COc2ccc(F)c(Cl)c2)oc1CNC1CC1. The summed E-state index contributed by atoms with van der Waals surface area (Å²) in [6.45, 7) is 3.07. The van der Waals surface area contributed by atoms with E-state index in [0.717, 1.165) is 23.6 Å². The molecular weight excluding hydrogens is 293 g/mol. The second-order valence-corrected chi connectivity index (χ2v) is 5.75. The third-order valence-corrected chi connectivity index (χ3v) is 3.76. The molecule has 0 saturated heterocycles. The number of benzene rings is 1. The van der Waals surface area contributed by atoms with Crippen LogP contribution in [-0.2, 0) is 13.2 Å². The van der Waals surface area contributed by atoms with Crippen molar-refractivity contribution in [1.82, 2.24) is 5.32 Å². The number of furan rings is 1. The minimum atomic E-state index is -0.453. The molecule has 1 heterocycles. The lowest BCUT2D eigenvalue weighted by Gasteiger charge is -2.05. The highest BCUT2D eigenvalue weighted by atomic mass is 35.5. The lowest BCUT2D eigenvalue weighted by molar-refractivity contribution is 0.264. The van der Waals surface area contributed by atoms with Gasteiger partial charge in [0.2, 0.25) is 0 Å². The fourth-order valence-corrected chi connectivity index (χ4v) is 2.25. The highest BCUT2D eigenvalue weighted by Gasteiger charge is 2.21. The minimum absolute atomic E-state index is 0.0532. The van der Waals surface area contributed by atoms with Crippen molar-refractivity contribution < 1.29 is 13.5 Å². The summed E-state index contributed by atoms with van der Waals surface area (Å²) in [5, 5.41) is 3.47. The Hall–Kier alpha value is -1.52. The van der Waals surface area contributed by atoms with Gasteiger partial charge in [-0.25, -0.2) is 4.39 Å². The molecule has 5 heteroatoms. The van der Waals surface area contributed by atoms with Crippen LogP contribution in [0.2, 0.25) is 5.02 Å². The van der Waals surface area contributed by atoms with Gasteiger partial charge in [-0.15, -0.1) is 0 Å². The van der Waals surface area contributed by atoms with Crippen LogP contribution in [0.1, 0.15) is 29.9 Å². The van der Waals surface area contributed by atoms with Gasteiger partial charge < -0.3 is 14.5 Å². The lowest BCUT2D eigenvalue weighted by atomic mass is 10.2. The van der Waals surface area contributed by atoms with Crippen LogP contribution >= 0.6 is 11.6 Å². The van der Waals surface area contributed by atoms with Crippen molar-refractivity contribution >= 4 is 11.6 Å². The molecular formula is C16H17ClFNO2. The molecule has 0 spiro atoms. The van der Waals surface area contributed by atoms with E-state index >= 15 is 0 Å². The molecule has 1 saturated carbocycles. The van der Waals surface area contributed by atoms with Gasteiger partial charge in [-0.1, -0.05) is 11.6 Å². The summed E-state index contributed by atoms with van der Waals surface area (Å²) in [6, 6.07) is 6.91. The van der Waals surface area contributed by atoms with Crippen molar-refractivity contribution in [3.05, 3.63) is 52.2 Å². The average Bonchev–Trinajstić information content (AvgIpc) is 3.22. The molecule has 21 heavy (non-hydrogen) atoms. The first-order valence-corrected chi connectivity index (χ1v) is 7.39. The maximum absolute atomic E-state index is 13.1. The number of ether oxygens (including phenoxy) is 1. The number of halogens is 2. The summed E-state index contributed by atoms with van der Waals surface area (Å²) < 4.78 is 24.4. The Morgan fingerprint density at radius 1 is 1.38 bits per heavy atom. The monoisotopic (exact) mass is 309 g/mol. The minimum Gasteiger partial charge on any atom is -0.486 e. The second-order valence-electron chi connectivity index (χ2n) is 5.34. The molecule has 0 radical (unpaired) electrons. The van der Waals surface area contributed by atoms with Crippen LogP contribution in [0.3, 0.4) is 0 Å². The summed E-state index contributed by atoms with van der Waals surface area (Å²) in [5.41, 5.74) is 1.11. The topological polar surface area (TPSA) is 34.4 Å². The Kier molecular flexibility index (Phi) is 4.17. The molecule has 1 aliphatic rings.